The van der Waals surface area contributed by atoms with Crippen LogP contribution in [-0.4, -0.2) is 29.2 Å². The molecule has 2 unspecified atom stereocenters. The lowest BCUT2D eigenvalue weighted by atomic mass is 10.0. The average molecular weight is 285 g/mol. The molecule has 1 amide bonds. The first-order valence-electron chi connectivity index (χ1n) is 8.24. The van der Waals surface area contributed by atoms with Crippen LogP contribution in [0.2, 0.25) is 0 Å². The fraction of sp³-hybridized carbons (Fsp3) is 0.941. The molecule has 20 heavy (non-hydrogen) atoms. The third-order valence-electron chi connectivity index (χ3n) is 3.72. The van der Waals surface area contributed by atoms with Gasteiger partial charge in [-0.25, -0.2) is 4.79 Å². The molecule has 0 aromatic carbocycles. The van der Waals surface area contributed by atoms with Gasteiger partial charge < -0.3 is 9.64 Å². The van der Waals surface area contributed by atoms with Crippen molar-refractivity contribution in [2.45, 2.75) is 92.2 Å². The molecule has 0 N–H and O–H groups in total. The van der Waals surface area contributed by atoms with Gasteiger partial charge in [-0.1, -0.05) is 40.5 Å². The topological polar surface area (TPSA) is 29.5 Å². The number of nitrogens with zero attached hydrogens (tertiary/aromatic N) is 1. The Morgan fingerprint density at radius 3 is 2.10 bits per heavy atom. The molecule has 0 rings (SSSR count). The van der Waals surface area contributed by atoms with E-state index < -0.39 is 5.60 Å². The number of carbonyl (C=O) groups is 1. The zero-order valence-corrected chi connectivity index (χ0v) is 14.7. The molecule has 0 aliphatic rings. The fourth-order valence-corrected chi connectivity index (χ4v) is 2.22. The summed E-state index contributed by atoms with van der Waals surface area (Å²) in [6.45, 7) is 15.4. The maximum absolute atomic E-state index is 12.4. The molecule has 0 heterocycles. The maximum Gasteiger partial charge on any atom is 0.410 e. The Hall–Kier alpha value is -0.730. The Kier molecular flexibility index (Phi) is 8.91. The number of ether oxygens (including phenoxy) is 1. The third kappa shape index (κ3) is 7.76. The highest BCUT2D eigenvalue weighted by molar-refractivity contribution is 5.68. The molecule has 0 saturated carbocycles. The monoisotopic (exact) mass is 285 g/mol. The SMILES string of the molecule is CCCC(CC)N(CCC(C)CC)C(=O)OC(C)(C)C. The van der Waals surface area contributed by atoms with Crippen LogP contribution < -0.4 is 0 Å². The molecule has 120 valence electrons. The Morgan fingerprint density at radius 1 is 1.10 bits per heavy atom. The molecule has 3 nitrogen and oxygen atoms in total. The Labute approximate surface area is 126 Å². The molecule has 3 heteroatoms. The maximum atomic E-state index is 12.4. The lowest BCUT2D eigenvalue weighted by Crippen LogP contribution is -2.44. The second kappa shape index (κ2) is 9.25. The number of hydrogen-bond donors (Lipinski definition) is 0. The van der Waals surface area contributed by atoms with Crippen LogP contribution in [0.15, 0.2) is 0 Å². The minimum atomic E-state index is -0.420. The highest BCUT2D eigenvalue weighted by Crippen LogP contribution is 2.19. The van der Waals surface area contributed by atoms with Crippen molar-refractivity contribution in [1.29, 1.82) is 0 Å². The molecule has 2 atom stereocenters. The van der Waals surface area contributed by atoms with E-state index in [0.29, 0.717) is 12.0 Å². The minimum Gasteiger partial charge on any atom is -0.444 e. The van der Waals surface area contributed by atoms with Gasteiger partial charge >= 0.3 is 6.09 Å². The molecule has 0 aliphatic heterocycles. The van der Waals surface area contributed by atoms with Gasteiger partial charge in [0.15, 0.2) is 0 Å². The van der Waals surface area contributed by atoms with Crippen molar-refractivity contribution in [2.75, 3.05) is 6.54 Å². The van der Waals surface area contributed by atoms with Crippen LogP contribution in [0.5, 0.6) is 0 Å². The number of carbonyl (C=O) groups excluding carboxylic acids is 1. The predicted molar refractivity (Wildman–Crippen MR) is 86.0 cm³/mol. The predicted octanol–water partition coefficient (Wildman–Crippen LogP) is 5.24. The smallest absolute Gasteiger partial charge is 0.410 e. The summed E-state index contributed by atoms with van der Waals surface area (Å²) in [5.41, 5.74) is -0.420. The van der Waals surface area contributed by atoms with Crippen molar-refractivity contribution in [1.82, 2.24) is 4.90 Å². The number of amides is 1. The minimum absolute atomic E-state index is 0.152. The van der Waals surface area contributed by atoms with Crippen molar-refractivity contribution in [3.8, 4) is 0 Å². The third-order valence-corrected chi connectivity index (χ3v) is 3.72. The molecule has 0 aromatic heterocycles. The van der Waals surface area contributed by atoms with Crippen LogP contribution in [0.25, 0.3) is 0 Å². The lowest BCUT2D eigenvalue weighted by Gasteiger charge is -2.33. The van der Waals surface area contributed by atoms with E-state index in [1.165, 1.54) is 0 Å². The first kappa shape index (κ1) is 19.3. The van der Waals surface area contributed by atoms with Gasteiger partial charge in [-0.15, -0.1) is 0 Å². The van der Waals surface area contributed by atoms with E-state index >= 15 is 0 Å². The van der Waals surface area contributed by atoms with E-state index in [-0.39, 0.29) is 6.09 Å². The number of hydrogen-bond acceptors (Lipinski definition) is 2. The molecular formula is C17H35NO2. The van der Waals surface area contributed by atoms with Gasteiger partial charge in [-0.2, -0.15) is 0 Å². The molecule has 0 radical (unpaired) electrons. The highest BCUT2D eigenvalue weighted by Gasteiger charge is 2.27. The normalized spacial score (nSPS) is 14.8. The highest BCUT2D eigenvalue weighted by atomic mass is 16.6. The largest absolute Gasteiger partial charge is 0.444 e. The average Bonchev–Trinajstić information content (AvgIpc) is 2.35. The van der Waals surface area contributed by atoms with Crippen LogP contribution in [0, 0.1) is 5.92 Å². The van der Waals surface area contributed by atoms with Crippen molar-refractivity contribution in [2.24, 2.45) is 5.92 Å². The Bertz CT molecular complexity index is 271. The van der Waals surface area contributed by atoms with Gasteiger partial charge in [0.05, 0.1) is 0 Å². The molecule has 0 spiro atoms. The molecule has 0 fully saturated rings. The van der Waals surface area contributed by atoms with Crippen molar-refractivity contribution in [3.05, 3.63) is 0 Å². The molecule has 0 aliphatic carbocycles. The molecule has 0 saturated heterocycles. The fourth-order valence-electron chi connectivity index (χ4n) is 2.22. The second-order valence-corrected chi connectivity index (χ2v) is 6.83. The van der Waals surface area contributed by atoms with Gasteiger partial charge in [0, 0.05) is 12.6 Å². The van der Waals surface area contributed by atoms with E-state index in [2.05, 4.69) is 27.7 Å². The quantitative estimate of drug-likeness (QED) is 0.610. The Morgan fingerprint density at radius 2 is 1.70 bits per heavy atom. The Balaban J connectivity index is 4.79. The summed E-state index contributed by atoms with van der Waals surface area (Å²) in [5.74, 6) is 0.652. The van der Waals surface area contributed by atoms with E-state index in [4.69, 9.17) is 4.74 Å². The summed E-state index contributed by atoms with van der Waals surface area (Å²) in [5, 5.41) is 0. The van der Waals surface area contributed by atoms with Crippen molar-refractivity contribution >= 4 is 6.09 Å². The van der Waals surface area contributed by atoms with Crippen LogP contribution in [0.4, 0.5) is 4.79 Å². The summed E-state index contributed by atoms with van der Waals surface area (Å²) in [6.07, 6.45) is 5.20. The van der Waals surface area contributed by atoms with E-state index in [1.54, 1.807) is 0 Å². The zero-order chi connectivity index (χ0) is 15.8. The number of rotatable bonds is 8. The van der Waals surface area contributed by atoms with Gasteiger partial charge in [0.25, 0.3) is 0 Å². The lowest BCUT2D eigenvalue weighted by molar-refractivity contribution is 0.0135. The van der Waals surface area contributed by atoms with Crippen LogP contribution in [-0.2, 0) is 4.74 Å². The summed E-state index contributed by atoms with van der Waals surface area (Å²) >= 11 is 0. The first-order chi connectivity index (χ1) is 9.25. The van der Waals surface area contributed by atoms with Gasteiger partial charge in [0.1, 0.15) is 5.60 Å². The zero-order valence-electron chi connectivity index (χ0n) is 14.7. The summed E-state index contributed by atoms with van der Waals surface area (Å²) in [4.78, 5) is 14.4. The summed E-state index contributed by atoms with van der Waals surface area (Å²) in [7, 11) is 0. The first-order valence-corrected chi connectivity index (χ1v) is 8.24. The van der Waals surface area contributed by atoms with E-state index in [9.17, 15) is 4.79 Å². The van der Waals surface area contributed by atoms with Crippen LogP contribution >= 0.6 is 0 Å². The van der Waals surface area contributed by atoms with Crippen molar-refractivity contribution < 1.29 is 9.53 Å². The van der Waals surface area contributed by atoms with Crippen LogP contribution in [0.3, 0.4) is 0 Å². The van der Waals surface area contributed by atoms with E-state index in [0.717, 1.165) is 38.6 Å². The standard InChI is InChI=1S/C17H35NO2/c1-8-11-15(10-3)18(13-12-14(4)9-2)16(19)20-17(5,6)7/h14-15H,8-13H2,1-7H3. The van der Waals surface area contributed by atoms with E-state index in [1.807, 2.05) is 25.7 Å². The molecule has 0 bridgehead atoms. The van der Waals surface area contributed by atoms with Crippen LogP contribution in [0.1, 0.15) is 80.6 Å². The molecule has 0 aromatic rings. The van der Waals surface area contributed by atoms with Crippen molar-refractivity contribution in [3.63, 3.8) is 0 Å². The molecular weight excluding hydrogens is 250 g/mol. The summed E-state index contributed by atoms with van der Waals surface area (Å²) < 4.78 is 5.58. The summed E-state index contributed by atoms with van der Waals surface area (Å²) in [6, 6.07) is 0.305. The van der Waals surface area contributed by atoms with Gasteiger partial charge in [0.2, 0.25) is 0 Å². The van der Waals surface area contributed by atoms with Gasteiger partial charge in [-0.3, -0.25) is 0 Å². The van der Waals surface area contributed by atoms with Gasteiger partial charge in [-0.05, 0) is 46.0 Å². The second-order valence-electron chi connectivity index (χ2n) is 6.83.